The number of hydrogen-bond acceptors (Lipinski definition) is 2. The highest BCUT2D eigenvalue weighted by atomic mass is 19.4. The quantitative estimate of drug-likeness (QED) is 0.842. The lowest BCUT2D eigenvalue weighted by Gasteiger charge is -2.12. The molecule has 3 nitrogen and oxygen atoms in total. The van der Waals surface area contributed by atoms with Crippen LogP contribution in [0.1, 0.15) is 11.3 Å². The van der Waals surface area contributed by atoms with Gasteiger partial charge in [0.2, 0.25) is 0 Å². The first-order chi connectivity index (χ1) is 8.45. The second-order valence-corrected chi connectivity index (χ2v) is 3.58. The Morgan fingerprint density at radius 2 is 1.89 bits per heavy atom. The molecule has 1 heterocycles. The molecule has 2 N–H and O–H groups in total. The minimum atomic E-state index is -4.65. The molecule has 2 aromatic rings. The molecule has 1 aromatic carbocycles. The zero-order valence-electron chi connectivity index (χ0n) is 9.08. The van der Waals surface area contributed by atoms with Crippen molar-refractivity contribution in [3.8, 4) is 5.69 Å². The molecule has 0 unspecified atom stereocenters. The molecule has 7 heteroatoms. The summed E-state index contributed by atoms with van der Waals surface area (Å²) in [6.45, 7) is -0.316. The van der Waals surface area contributed by atoms with Crippen LogP contribution < -0.4 is 5.73 Å². The van der Waals surface area contributed by atoms with E-state index in [9.17, 15) is 17.6 Å². The van der Waals surface area contributed by atoms with E-state index in [0.717, 1.165) is 12.3 Å². The van der Waals surface area contributed by atoms with Gasteiger partial charge in [-0.2, -0.15) is 18.3 Å². The van der Waals surface area contributed by atoms with Crippen molar-refractivity contribution in [2.24, 2.45) is 5.73 Å². The summed E-state index contributed by atoms with van der Waals surface area (Å²) in [4.78, 5) is 0. The maximum Gasteiger partial charge on any atom is 0.433 e. The number of para-hydroxylation sites is 1. The summed E-state index contributed by atoms with van der Waals surface area (Å²) in [5.74, 6) is -0.783. The van der Waals surface area contributed by atoms with Crippen molar-refractivity contribution in [3.05, 3.63) is 47.5 Å². The molecule has 0 radical (unpaired) electrons. The zero-order valence-corrected chi connectivity index (χ0v) is 9.08. The van der Waals surface area contributed by atoms with Crippen molar-refractivity contribution in [1.82, 2.24) is 9.78 Å². The summed E-state index contributed by atoms with van der Waals surface area (Å²) in [6.07, 6.45) is -3.65. The second kappa shape index (κ2) is 4.41. The van der Waals surface area contributed by atoms with Crippen molar-refractivity contribution in [1.29, 1.82) is 0 Å². The maximum atomic E-state index is 13.5. The Morgan fingerprint density at radius 3 is 2.44 bits per heavy atom. The molecule has 0 spiro atoms. The van der Waals surface area contributed by atoms with Gasteiger partial charge in [0.1, 0.15) is 11.5 Å². The number of benzene rings is 1. The van der Waals surface area contributed by atoms with Gasteiger partial charge in [-0.3, -0.25) is 0 Å². The van der Waals surface area contributed by atoms with Crippen molar-refractivity contribution < 1.29 is 17.6 Å². The van der Waals surface area contributed by atoms with E-state index in [2.05, 4.69) is 5.10 Å². The molecule has 0 atom stereocenters. The number of rotatable bonds is 2. The molecule has 96 valence electrons. The number of nitrogens with two attached hydrogens (primary N) is 1. The minimum Gasteiger partial charge on any atom is -0.326 e. The van der Waals surface area contributed by atoms with Gasteiger partial charge >= 0.3 is 6.18 Å². The smallest absolute Gasteiger partial charge is 0.326 e. The predicted octanol–water partition coefficient (Wildman–Crippen LogP) is 2.49. The molecular formula is C11H9F4N3. The molecular weight excluding hydrogens is 250 g/mol. The third-order valence-electron chi connectivity index (χ3n) is 2.41. The predicted molar refractivity (Wildman–Crippen MR) is 56.4 cm³/mol. The van der Waals surface area contributed by atoms with Crippen LogP contribution in [0, 0.1) is 5.82 Å². The molecule has 0 bridgehead atoms. The molecule has 0 saturated carbocycles. The van der Waals surface area contributed by atoms with Gasteiger partial charge in [0.25, 0.3) is 0 Å². The highest BCUT2D eigenvalue weighted by molar-refractivity contribution is 5.37. The Kier molecular flexibility index (Phi) is 3.08. The van der Waals surface area contributed by atoms with Gasteiger partial charge < -0.3 is 5.73 Å². The zero-order chi connectivity index (χ0) is 13.3. The van der Waals surface area contributed by atoms with Crippen LogP contribution in [0.25, 0.3) is 5.69 Å². The Bertz CT molecular complexity index is 560. The van der Waals surface area contributed by atoms with Gasteiger partial charge in [-0.15, -0.1) is 0 Å². The maximum absolute atomic E-state index is 13.5. The molecule has 0 aliphatic carbocycles. The van der Waals surface area contributed by atoms with E-state index in [1.54, 1.807) is 0 Å². The SMILES string of the molecule is NCc1cnn(-c2ccccc2F)c1C(F)(F)F. The van der Waals surface area contributed by atoms with Crippen LogP contribution in [0.4, 0.5) is 17.6 Å². The largest absolute Gasteiger partial charge is 0.433 e. The number of alkyl halides is 3. The monoisotopic (exact) mass is 259 g/mol. The molecule has 1 aromatic heterocycles. The average molecular weight is 259 g/mol. The fourth-order valence-corrected chi connectivity index (χ4v) is 1.64. The van der Waals surface area contributed by atoms with Gasteiger partial charge in [-0.05, 0) is 12.1 Å². The number of halogens is 4. The van der Waals surface area contributed by atoms with E-state index >= 15 is 0 Å². The Hall–Kier alpha value is -1.89. The minimum absolute atomic E-state index is 0.175. The Morgan fingerprint density at radius 1 is 1.22 bits per heavy atom. The Balaban J connectivity index is 2.66. The van der Waals surface area contributed by atoms with Gasteiger partial charge in [0.05, 0.1) is 6.20 Å². The van der Waals surface area contributed by atoms with Crippen LogP contribution in [0.15, 0.2) is 30.5 Å². The fraction of sp³-hybridized carbons (Fsp3) is 0.182. The van der Waals surface area contributed by atoms with Crippen molar-refractivity contribution >= 4 is 0 Å². The highest BCUT2D eigenvalue weighted by Gasteiger charge is 2.38. The van der Waals surface area contributed by atoms with E-state index in [0.29, 0.717) is 4.68 Å². The van der Waals surface area contributed by atoms with Crippen molar-refractivity contribution in [3.63, 3.8) is 0 Å². The summed E-state index contributed by atoms with van der Waals surface area (Å²) < 4.78 is 52.7. The van der Waals surface area contributed by atoms with Crippen molar-refractivity contribution in [2.45, 2.75) is 12.7 Å². The fourth-order valence-electron chi connectivity index (χ4n) is 1.64. The summed E-state index contributed by atoms with van der Waals surface area (Å²) in [5.41, 5.74) is 3.75. The lowest BCUT2D eigenvalue weighted by atomic mass is 10.2. The van der Waals surface area contributed by atoms with Crippen LogP contribution in [0.5, 0.6) is 0 Å². The molecule has 0 saturated heterocycles. The lowest BCUT2D eigenvalue weighted by Crippen LogP contribution is -2.17. The summed E-state index contributed by atoms with van der Waals surface area (Å²) in [5, 5.41) is 3.56. The molecule has 0 amide bonds. The van der Waals surface area contributed by atoms with E-state index < -0.39 is 17.7 Å². The first-order valence-corrected chi connectivity index (χ1v) is 5.04. The standard InChI is InChI=1S/C11H9F4N3/c12-8-3-1-2-4-9(8)18-10(11(13,14)15)7(5-16)6-17-18/h1-4,6H,5,16H2. The first kappa shape index (κ1) is 12.6. The number of aromatic nitrogens is 2. The average Bonchev–Trinajstić information content (AvgIpc) is 2.73. The van der Waals surface area contributed by atoms with Crippen LogP contribution in [-0.4, -0.2) is 9.78 Å². The molecule has 0 aliphatic rings. The number of nitrogens with zero attached hydrogens (tertiary/aromatic N) is 2. The summed E-state index contributed by atoms with van der Waals surface area (Å²) in [7, 11) is 0. The normalized spacial score (nSPS) is 11.8. The Labute approximate surface area is 99.8 Å². The van der Waals surface area contributed by atoms with Gasteiger partial charge in [-0.25, -0.2) is 9.07 Å². The highest BCUT2D eigenvalue weighted by Crippen LogP contribution is 2.33. The second-order valence-electron chi connectivity index (χ2n) is 3.58. The van der Waals surface area contributed by atoms with Crippen LogP contribution >= 0.6 is 0 Å². The van der Waals surface area contributed by atoms with Crippen LogP contribution in [-0.2, 0) is 12.7 Å². The first-order valence-electron chi connectivity index (χ1n) is 5.04. The molecule has 2 rings (SSSR count). The van der Waals surface area contributed by atoms with E-state index in [1.807, 2.05) is 0 Å². The van der Waals surface area contributed by atoms with Crippen LogP contribution in [0.2, 0.25) is 0 Å². The molecule has 0 fully saturated rings. The third kappa shape index (κ3) is 2.08. The molecule has 0 aliphatic heterocycles. The van der Waals surface area contributed by atoms with Gasteiger partial charge in [-0.1, -0.05) is 12.1 Å². The molecule has 18 heavy (non-hydrogen) atoms. The van der Waals surface area contributed by atoms with Crippen LogP contribution in [0.3, 0.4) is 0 Å². The number of hydrogen-bond donors (Lipinski definition) is 1. The van der Waals surface area contributed by atoms with E-state index in [-0.39, 0.29) is 17.8 Å². The van der Waals surface area contributed by atoms with Gasteiger partial charge in [0.15, 0.2) is 5.69 Å². The summed E-state index contributed by atoms with van der Waals surface area (Å²) >= 11 is 0. The lowest BCUT2D eigenvalue weighted by molar-refractivity contribution is -0.143. The third-order valence-corrected chi connectivity index (χ3v) is 2.41. The van der Waals surface area contributed by atoms with Crippen molar-refractivity contribution in [2.75, 3.05) is 0 Å². The topological polar surface area (TPSA) is 43.8 Å². The summed E-state index contributed by atoms with van der Waals surface area (Å²) in [6, 6.07) is 5.11. The van der Waals surface area contributed by atoms with E-state index in [4.69, 9.17) is 5.73 Å². The van der Waals surface area contributed by atoms with E-state index in [1.165, 1.54) is 18.2 Å². The van der Waals surface area contributed by atoms with Gasteiger partial charge in [0, 0.05) is 12.1 Å².